The standard InChI is InChI=1S/C22H22ClF3N2O2/c23-18-6-4-15(5-7-18)21(20(29)30)13-17(21)14-27-8-10-28(11-9-27)19-3-1-2-16(12-19)22(24,25)26/h1-7,12,17H,8-11,13-14H2,(H,29,30)/t17-,21+/m0/s1. The second-order valence-electron chi connectivity index (χ2n) is 8.02. The van der Waals surface area contributed by atoms with Crippen LogP contribution in [0.5, 0.6) is 0 Å². The molecule has 1 saturated carbocycles. The zero-order chi connectivity index (χ0) is 21.5. The molecule has 0 amide bonds. The van der Waals surface area contributed by atoms with E-state index in [-0.39, 0.29) is 5.92 Å². The highest BCUT2D eigenvalue weighted by Gasteiger charge is 2.61. The van der Waals surface area contributed by atoms with Crippen molar-refractivity contribution in [1.29, 1.82) is 0 Å². The Hall–Kier alpha value is -2.25. The third-order valence-corrected chi connectivity index (χ3v) is 6.49. The molecule has 4 nitrogen and oxygen atoms in total. The van der Waals surface area contributed by atoms with Crippen LogP contribution in [0.1, 0.15) is 17.5 Å². The molecular weight excluding hydrogens is 417 g/mol. The molecule has 30 heavy (non-hydrogen) atoms. The molecule has 1 heterocycles. The van der Waals surface area contributed by atoms with Crippen molar-refractivity contribution in [3.05, 3.63) is 64.7 Å². The fraction of sp³-hybridized carbons (Fsp3) is 0.409. The van der Waals surface area contributed by atoms with Gasteiger partial charge in [0.15, 0.2) is 0 Å². The number of carboxylic acid groups (broad SMARTS) is 1. The Labute approximate surface area is 177 Å². The molecule has 2 aromatic carbocycles. The van der Waals surface area contributed by atoms with Gasteiger partial charge in [0.1, 0.15) is 0 Å². The van der Waals surface area contributed by atoms with Crippen LogP contribution in [-0.4, -0.2) is 48.7 Å². The van der Waals surface area contributed by atoms with Crippen LogP contribution in [0.15, 0.2) is 48.5 Å². The fourth-order valence-corrected chi connectivity index (χ4v) is 4.54. The number of hydrogen-bond acceptors (Lipinski definition) is 3. The molecule has 0 spiro atoms. The molecule has 1 N–H and O–H groups in total. The third-order valence-electron chi connectivity index (χ3n) is 6.24. The van der Waals surface area contributed by atoms with E-state index in [2.05, 4.69) is 4.90 Å². The summed E-state index contributed by atoms with van der Waals surface area (Å²) >= 11 is 5.93. The van der Waals surface area contributed by atoms with Crippen LogP contribution in [0.3, 0.4) is 0 Å². The number of piperazine rings is 1. The normalized spacial score (nSPS) is 24.7. The molecule has 160 valence electrons. The first kappa shape index (κ1) is 21.0. The van der Waals surface area contributed by atoms with E-state index in [0.717, 1.165) is 11.6 Å². The van der Waals surface area contributed by atoms with E-state index in [1.165, 1.54) is 12.1 Å². The minimum Gasteiger partial charge on any atom is -0.481 e. The summed E-state index contributed by atoms with van der Waals surface area (Å²) in [7, 11) is 0. The first-order valence-corrected chi connectivity index (χ1v) is 10.2. The first-order valence-electron chi connectivity index (χ1n) is 9.84. The lowest BCUT2D eigenvalue weighted by molar-refractivity contribution is -0.140. The number of halogens is 4. The summed E-state index contributed by atoms with van der Waals surface area (Å²) in [5.74, 6) is -0.811. The van der Waals surface area contributed by atoms with Crippen molar-refractivity contribution in [3.63, 3.8) is 0 Å². The maximum Gasteiger partial charge on any atom is 0.416 e. The summed E-state index contributed by atoms with van der Waals surface area (Å²) in [6.45, 7) is 3.24. The van der Waals surface area contributed by atoms with Gasteiger partial charge in [0.25, 0.3) is 0 Å². The van der Waals surface area contributed by atoms with E-state index in [4.69, 9.17) is 11.6 Å². The smallest absolute Gasteiger partial charge is 0.416 e. The van der Waals surface area contributed by atoms with Gasteiger partial charge in [0, 0.05) is 43.4 Å². The van der Waals surface area contributed by atoms with E-state index in [9.17, 15) is 23.1 Å². The number of rotatable bonds is 5. The number of alkyl halides is 3. The van der Waals surface area contributed by atoms with Crippen LogP contribution in [-0.2, 0) is 16.4 Å². The lowest BCUT2D eigenvalue weighted by Gasteiger charge is -2.36. The van der Waals surface area contributed by atoms with Gasteiger partial charge < -0.3 is 10.0 Å². The Morgan fingerprint density at radius 2 is 1.77 bits per heavy atom. The van der Waals surface area contributed by atoms with Crippen LogP contribution in [0.2, 0.25) is 5.02 Å². The van der Waals surface area contributed by atoms with Crippen molar-refractivity contribution in [2.45, 2.75) is 18.0 Å². The number of hydrogen-bond donors (Lipinski definition) is 1. The average Bonchev–Trinajstić information content (AvgIpc) is 3.44. The van der Waals surface area contributed by atoms with Crippen molar-refractivity contribution < 1.29 is 23.1 Å². The molecule has 1 saturated heterocycles. The molecule has 4 rings (SSSR count). The molecule has 2 aliphatic rings. The van der Waals surface area contributed by atoms with Gasteiger partial charge in [-0.3, -0.25) is 9.69 Å². The summed E-state index contributed by atoms with van der Waals surface area (Å²) in [5.41, 5.74) is -0.179. The predicted octanol–water partition coefficient (Wildman–Crippen LogP) is 4.52. The van der Waals surface area contributed by atoms with Gasteiger partial charge in [0.05, 0.1) is 11.0 Å². The predicted molar refractivity (Wildman–Crippen MR) is 109 cm³/mol. The lowest BCUT2D eigenvalue weighted by Crippen LogP contribution is -2.47. The topological polar surface area (TPSA) is 43.8 Å². The lowest BCUT2D eigenvalue weighted by atomic mass is 9.93. The number of carboxylic acids is 1. The fourth-order valence-electron chi connectivity index (χ4n) is 4.42. The Kier molecular flexibility index (Phi) is 5.45. The highest BCUT2D eigenvalue weighted by atomic mass is 35.5. The van der Waals surface area contributed by atoms with E-state index >= 15 is 0 Å². The van der Waals surface area contributed by atoms with Gasteiger partial charge >= 0.3 is 12.1 Å². The summed E-state index contributed by atoms with van der Waals surface area (Å²) in [4.78, 5) is 16.2. The molecule has 1 aliphatic heterocycles. The second kappa shape index (κ2) is 7.78. The van der Waals surface area contributed by atoms with E-state index < -0.39 is 23.1 Å². The summed E-state index contributed by atoms with van der Waals surface area (Å²) < 4.78 is 38.9. The quantitative estimate of drug-likeness (QED) is 0.745. The summed E-state index contributed by atoms with van der Waals surface area (Å²) in [6.07, 6.45) is -3.77. The van der Waals surface area contributed by atoms with Crippen LogP contribution >= 0.6 is 11.6 Å². The minimum absolute atomic E-state index is 0.0104. The monoisotopic (exact) mass is 438 g/mol. The average molecular weight is 439 g/mol. The van der Waals surface area contributed by atoms with Gasteiger partial charge in [0.2, 0.25) is 0 Å². The van der Waals surface area contributed by atoms with E-state index in [0.29, 0.717) is 49.9 Å². The van der Waals surface area contributed by atoms with Gasteiger partial charge in [-0.05, 0) is 48.2 Å². The molecule has 2 fully saturated rings. The van der Waals surface area contributed by atoms with Crippen LogP contribution in [0, 0.1) is 5.92 Å². The van der Waals surface area contributed by atoms with Gasteiger partial charge in [-0.1, -0.05) is 29.8 Å². The summed E-state index contributed by atoms with van der Waals surface area (Å²) in [6, 6.07) is 12.4. The Morgan fingerprint density at radius 3 is 2.37 bits per heavy atom. The summed E-state index contributed by atoms with van der Waals surface area (Å²) in [5, 5.41) is 10.4. The zero-order valence-electron chi connectivity index (χ0n) is 16.2. The molecule has 1 aliphatic carbocycles. The molecule has 0 radical (unpaired) electrons. The maximum atomic E-state index is 13.0. The van der Waals surface area contributed by atoms with E-state index in [1.54, 1.807) is 30.3 Å². The number of nitrogens with zero attached hydrogens (tertiary/aromatic N) is 2. The van der Waals surface area contributed by atoms with Gasteiger partial charge in [-0.25, -0.2) is 0 Å². The third kappa shape index (κ3) is 4.01. The molecule has 0 bridgehead atoms. The number of anilines is 1. The Bertz CT molecular complexity index is 927. The largest absolute Gasteiger partial charge is 0.481 e. The minimum atomic E-state index is -4.36. The van der Waals surface area contributed by atoms with Crippen LogP contribution < -0.4 is 4.90 Å². The van der Waals surface area contributed by atoms with Gasteiger partial charge in [-0.15, -0.1) is 0 Å². The molecular formula is C22H22ClF3N2O2. The van der Waals surface area contributed by atoms with Gasteiger partial charge in [-0.2, -0.15) is 13.2 Å². The highest BCUT2D eigenvalue weighted by molar-refractivity contribution is 6.30. The highest BCUT2D eigenvalue weighted by Crippen LogP contribution is 2.55. The Morgan fingerprint density at radius 1 is 1.10 bits per heavy atom. The van der Waals surface area contributed by atoms with E-state index in [1.807, 2.05) is 4.90 Å². The van der Waals surface area contributed by atoms with Crippen molar-refractivity contribution >= 4 is 23.3 Å². The number of carbonyl (C=O) groups is 1. The van der Waals surface area contributed by atoms with Crippen LogP contribution in [0.25, 0.3) is 0 Å². The maximum absolute atomic E-state index is 13.0. The van der Waals surface area contributed by atoms with Crippen molar-refractivity contribution in [2.24, 2.45) is 5.92 Å². The SMILES string of the molecule is O=C(O)[C@@]1(c2ccc(Cl)cc2)C[C@H]1CN1CCN(c2cccc(C(F)(F)F)c2)CC1. The Balaban J connectivity index is 1.38. The molecule has 2 atom stereocenters. The number of aliphatic carboxylic acids is 1. The van der Waals surface area contributed by atoms with Crippen molar-refractivity contribution in [2.75, 3.05) is 37.6 Å². The van der Waals surface area contributed by atoms with Crippen molar-refractivity contribution in [1.82, 2.24) is 4.90 Å². The zero-order valence-corrected chi connectivity index (χ0v) is 17.0. The second-order valence-corrected chi connectivity index (χ2v) is 8.46. The molecule has 8 heteroatoms. The van der Waals surface area contributed by atoms with Crippen LogP contribution in [0.4, 0.5) is 18.9 Å². The molecule has 0 aromatic heterocycles. The van der Waals surface area contributed by atoms with Crippen molar-refractivity contribution in [3.8, 4) is 0 Å². The first-order chi connectivity index (χ1) is 14.2. The number of benzene rings is 2. The molecule has 0 unspecified atom stereocenters. The molecule has 2 aromatic rings.